The topological polar surface area (TPSA) is 105 Å². The zero-order chi connectivity index (χ0) is 28.6. The van der Waals surface area contributed by atoms with E-state index in [1.807, 2.05) is 0 Å². The van der Waals surface area contributed by atoms with Gasteiger partial charge in [0.2, 0.25) is 0 Å². The highest BCUT2D eigenvalue weighted by Gasteiger charge is 2.39. The number of imide groups is 1. The standard InChI is InChI=1S/C27H18ClF4N5O3/c28-17-11-7-15(8-12-17)23-20(21-25(39)35-26(40)34-21)22(36-37(23)19-4-2-1-3-18(19)29)24(38)33-13-14-5-9-16(10-6-14)27(30,31)32/h1-12,21H,13H2,(H,33,38)(H2,34,35,39,40). The van der Waals surface area contributed by atoms with Crippen molar-refractivity contribution in [3.05, 3.63) is 106 Å². The van der Waals surface area contributed by atoms with Crippen LogP contribution < -0.4 is 16.0 Å². The lowest BCUT2D eigenvalue weighted by Crippen LogP contribution is -2.28. The number of amides is 4. The third kappa shape index (κ3) is 5.25. The lowest BCUT2D eigenvalue weighted by atomic mass is 9.98. The van der Waals surface area contributed by atoms with Gasteiger partial charge in [0.1, 0.15) is 17.5 Å². The number of halogens is 5. The Kier molecular flexibility index (Phi) is 7.03. The van der Waals surface area contributed by atoms with Gasteiger partial charge in [0.25, 0.3) is 11.8 Å². The van der Waals surface area contributed by atoms with Gasteiger partial charge in [0, 0.05) is 22.7 Å². The van der Waals surface area contributed by atoms with Crippen molar-refractivity contribution in [2.24, 2.45) is 0 Å². The minimum atomic E-state index is -4.51. The number of nitrogens with one attached hydrogen (secondary N) is 3. The van der Waals surface area contributed by atoms with Gasteiger partial charge in [-0.25, -0.2) is 13.9 Å². The fraction of sp³-hybridized carbons (Fsp3) is 0.111. The summed E-state index contributed by atoms with van der Waals surface area (Å²) in [7, 11) is 0. The fourth-order valence-electron chi connectivity index (χ4n) is 4.25. The van der Waals surface area contributed by atoms with Crippen LogP contribution in [0.3, 0.4) is 0 Å². The molecule has 3 N–H and O–H groups in total. The van der Waals surface area contributed by atoms with Crippen LogP contribution in [0.2, 0.25) is 5.02 Å². The van der Waals surface area contributed by atoms with Gasteiger partial charge in [-0.3, -0.25) is 14.9 Å². The summed E-state index contributed by atoms with van der Waals surface area (Å²) >= 11 is 6.05. The third-order valence-electron chi connectivity index (χ3n) is 6.13. The molecular weight excluding hydrogens is 554 g/mol. The van der Waals surface area contributed by atoms with Gasteiger partial charge in [-0.15, -0.1) is 0 Å². The zero-order valence-corrected chi connectivity index (χ0v) is 21.0. The quantitative estimate of drug-likeness (QED) is 0.220. The smallest absolute Gasteiger partial charge is 0.347 e. The van der Waals surface area contributed by atoms with Gasteiger partial charge in [0.05, 0.1) is 11.3 Å². The van der Waals surface area contributed by atoms with Crippen molar-refractivity contribution >= 4 is 29.4 Å². The van der Waals surface area contributed by atoms with Crippen molar-refractivity contribution < 1.29 is 31.9 Å². The van der Waals surface area contributed by atoms with E-state index >= 15 is 0 Å². The number of hydrogen-bond acceptors (Lipinski definition) is 4. The second-order valence-corrected chi connectivity index (χ2v) is 9.19. The molecule has 2 heterocycles. The number of nitrogens with zero attached hydrogens (tertiary/aromatic N) is 2. The maximum Gasteiger partial charge on any atom is 0.416 e. The molecular formula is C27H18ClF4N5O3. The summed E-state index contributed by atoms with van der Waals surface area (Å²) in [5, 5.41) is 11.9. The summed E-state index contributed by atoms with van der Waals surface area (Å²) in [5.41, 5.74) is -0.290. The van der Waals surface area contributed by atoms with E-state index in [-0.39, 0.29) is 29.2 Å². The number of para-hydroxylation sites is 1. The van der Waals surface area contributed by atoms with E-state index in [0.29, 0.717) is 16.1 Å². The molecule has 0 aliphatic carbocycles. The Morgan fingerprint density at radius 3 is 2.27 bits per heavy atom. The number of hydrogen-bond donors (Lipinski definition) is 3. The molecule has 13 heteroatoms. The first-order valence-corrected chi connectivity index (χ1v) is 12.1. The Bertz CT molecular complexity index is 1620. The second-order valence-electron chi connectivity index (χ2n) is 8.75. The van der Waals surface area contributed by atoms with Crippen LogP contribution in [-0.4, -0.2) is 27.6 Å². The first-order valence-electron chi connectivity index (χ1n) is 11.7. The number of urea groups is 1. The molecule has 5 rings (SSSR count). The predicted octanol–water partition coefficient (Wildman–Crippen LogP) is 5.16. The normalized spacial score (nSPS) is 15.1. The molecule has 1 aromatic heterocycles. The number of aromatic nitrogens is 2. The zero-order valence-electron chi connectivity index (χ0n) is 20.2. The van der Waals surface area contributed by atoms with Gasteiger partial charge in [-0.2, -0.15) is 18.3 Å². The Hall–Kier alpha value is -4.71. The van der Waals surface area contributed by atoms with Crippen LogP contribution in [0.15, 0.2) is 72.8 Å². The maximum atomic E-state index is 15.0. The van der Waals surface area contributed by atoms with Crippen LogP contribution in [0, 0.1) is 5.82 Å². The van der Waals surface area contributed by atoms with E-state index < -0.39 is 41.4 Å². The minimum absolute atomic E-state index is 0.0150. The largest absolute Gasteiger partial charge is 0.416 e. The van der Waals surface area contributed by atoms with E-state index in [1.165, 1.54) is 30.3 Å². The third-order valence-corrected chi connectivity index (χ3v) is 6.38. The molecule has 0 bridgehead atoms. The van der Waals surface area contributed by atoms with Gasteiger partial charge in [-0.1, -0.05) is 48.0 Å². The number of benzene rings is 3. The van der Waals surface area contributed by atoms with E-state index in [2.05, 4.69) is 21.0 Å². The van der Waals surface area contributed by atoms with Gasteiger partial charge < -0.3 is 10.6 Å². The summed E-state index contributed by atoms with van der Waals surface area (Å²) in [4.78, 5) is 38.2. The van der Waals surface area contributed by atoms with Crippen LogP contribution in [0.4, 0.5) is 22.4 Å². The number of carbonyl (C=O) groups excluding carboxylic acids is 3. The molecule has 0 spiro atoms. The first-order chi connectivity index (χ1) is 19.0. The van der Waals surface area contributed by atoms with E-state index in [4.69, 9.17) is 11.6 Å². The average molecular weight is 572 g/mol. The van der Waals surface area contributed by atoms with Gasteiger partial charge >= 0.3 is 12.2 Å². The molecule has 4 amide bonds. The Morgan fingerprint density at radius 1 is 1.00 bits per heavy atom. The second kappa shape index (κ2) is 10.5. The molecule has 204 valence electrons. The highest BCUT2D eigenvalue weighted by molar-refractivity contribution is 6.30. The van der Waals surface area contributed by atoms with Crippen molar-refractivity contribution in [2.75, 3.05) is 0 Å². The summed E-state index contributed by atoms with van der Waals surface area (Å²) in [6.45, 7) is -0.178. The molecule has 0 radical (unpaired) electrons. The summed E-state index contributed by atoms with van der Waals surface area (Å²) < 4.78 is 54.8. The Labute approximate surface area is 228 Å². The van der Waals surface area contributed by atoms with E-state index in [0.717, 1.165) is 16.8 Å². The Balaban J connectivity index is 1.61. The average Bonchev–Trinajstić information content (AvgIpc) is 3.46. The monoisotopic (exact) mass is 571 g/mol. The minimum Gasteiger partial charge on any atom is -0.347 e. The summed E-state index contributed by atoms with van der Waals surface area (Å²) in [5.74, 6) is -2.25. The van der Waals surface area contributed by atoms with Crippen molar-refractivity contribution in [1.29, 1.82) is 0 Å². The van der Waals surface area contributed by atoms with Crippen LogP contribution in [0.1, 0.15) is 33.2 Å². The molecule has 1 aliphatic rings. The maximum absolute atomic E-state index is 15.0. The van der Waals surface area contributed by atoms with Crippen molar-refractivity contribution in [3.8, 4) is 16.9 Å². The number of carbonyl (C=O) groups is 3. The lowest BCUT2D eigenvalue weighted by molar-refractivity contribution is -0.137. The molecule has 4 aromatic rings. The van der Waals surface area contributed by atoms with Crippen molar-refractivity contribution in [1.82, 2.24) is 25.7 Å². The lowest BCUT2D eigenvalue weighted by Gasteiger charge is -2.14. The van der Waals surface area contributed by atoms with Crippen LogP contribution >= 0.6 is 11.6 Å². The number of alkyl halides is 3. The van der Waals surface area contributed by atoms with E-state index in [1.54, 1.807) is 30.3 Å². The van der Waals surface area contributed by atoms with Crippen molar-refractivity contribution in [2.45, 2.75) is 18.8 Å². The molecule has 1 fully saturated rings. The highest BCUT2D eigenvalue weighted by Crippen LogP contribution is 2.36. The van der Waals surface area contributed by atoms with E-state index in [9.17, 15) is 31.9 Å². The Morgan fingerprint density at radius 2 is 1.68 bits per heavy atom. The van der Waals surface area contributed by atoms with Gasteiger partial charge in [-0.05, 0) is 42.0 Å². The fourth-order valence-corrected chi connectivity index (χ4v) is 4.38. The molecule has 0 saturated carbocycles. The van der Waals surface area contributed by atoms with Crippen LogP contribution in [0.25, 0.3) is 16.9 Å². The molecule has 8 nitrogen and oxygen atoms in total. The highest BCUT2D eigenvalue weighted by atomic mass is 35.5. The van der Waals surface area contributed by atoms with Gasteiger partial charge in [0.15, 0.2) is 5.69 Å². The molecule has 3 aromatic carbocycles. The molecule has 1 atom stereocenters. The predicted molar refractivity (Wildman–Crippen MR) is 136 cm³/mol. The molecule has 1 unspecified atom stereocenters. The SMILES string of the molecule is O=C1NC(=O)C(c2c(C(=O)NCc3ccc(C(F)(F)F)cc3)nn(-c3ccccc3F)c2-c2ccc(Cl)cc2)N1. The molecule has 1 saturated heterocycles. The number of rotatable bonds is 6. The molecule has 1 aliphatic heterocycles. The molecule has 40 heavy (non-hydrogen) atoms. The van der Waals surface area contributed by atoms with Crippen LogP contribution in [-0.2, 0) is 17.5 Å². The van der Waals surface area contributed by atoms with Crippen LogP contribution in [0.5, 0.6) is 0 Å². The summed E-state index contributed by atoms with van der Waals surface area (Å²) in [6, 6.07) is 13.9. The summed E-state index contributed by atoms with van der Waals surface area (Å²) in [6.07, 6.45) is -4.51. The van der Waals surface area contributed by atoms with Crippen molar-refractivity contribution in [3.63, 3.8) is 0 Å². The first kappa shape index (κ1) is 26.9.